The maximum atomic E-state index is 3.73. The average molecular weight is 259 g/mol. The molecule has 1 aromatic heterocycles. The summed E-state index contributed by atoms with van der Waals surface area (Å²) in [5.41, 5.74) is 1.46. The van der Waals surface area contributed by atoms with Crippen molar-refractivity contribution in [3.63, 3.8) is 0 Å². The van der Waals surface area contributed by atoms with E-state index in [1.54, 1.807) is 0 Å². The van der Waals surface area contributed by atoms with Crippen LogP contribution in [0.1, 0.15) is 38.2 Å². The lowest BCUT2D eigenvalue weighted by Crippen LogP contribution is -2.31. The van der Waals surface area contributed by atoms with Gasteiger partial charge in [-0.05, 0) is 48.1 Å². The Labute approximate surface area is 113 Å². The lowest BCUT2D eigenvalue weighted by atomic mass is 9.99. The molecule has 0 spiro atoms. The summed E-state index contributed by atoms with van der Waals surface area (Å²) < 4.78 is 1.41. The summed E-state index contributed by atoms with van der Waals surface area (Å²) in [6.07, 6.45) is 5.69. The maximum Gasteiger partial charge on any atom is 0.0346 e. The SMILES string of the molecule is C[C@@H](NCc1csc2ccccc12)C1CCCC1. The Morgan fingerprint density at radius 3 is 2.89 bits per heavy atom. The van der Waals surface area contributed by atoms with Gasteiger partial charge in [0.25, 0.3) is 0 Å². The third-order valence-corrected chi connectivity index (χ3v) is 5.29. The minimum atomic E-state index is 0.658. The molecule has 1 N–H and O–H groups in total. The third-order valence-electron chi connectivity index (χ3n) is 4.28. The van der Waals surface area contributed by atoms with Crippen LogP contribution >= 0.6 is 11.3 Å². The van der Waals surface area contributed by atoms with Gasteiger partial charge in [-0.2, -0.15) is 0 Å². The fourth-order valence-corrected chi connectivity index (χ4v) is 4.03. The largest absolute Gasteiger partial charge is 0.310 e. The van der Waals surface area contributed by atoms with E-state index in [-0.39, 0.29) is 0 Å². The molecule has 0 aliphatic heterocycles. The predicted octanol–water partition coefficient (Wildman–Crippen LogP) is 4.57. The molecule has 0 unspecified atom stereocenters. The Hall–Kier alpha value is -0.860. The molecular weight excluding hydrogens is 238 g/mol. The van der Waals surface area contributed by atoms with Crippen LogP contribution in [0.15, 0.2) is 29.6 Å². The van der Waals surface area contributed by atoms with Gasteiger partial charge >= 0.3 is 0 Å². The highest BCUT2D eigenvalue weighted by Crippen LogP contribution is 2.29. The molecule has 1 fully saturated rings. The van der Waals surface area contributed by atoms with Crippen molar-refractivity contribution in [2.45, 2.75) is 45.2 Å². The fraction of sp³-hybridized carbons (Fsp3) is 0.500. The first-order valence-corrected chi connectivity index (χ1v) is 7.91. The first-order chi connectivity index (χ1) is 8.84. The Bertz CT molecular complexity index is 511. The minimum absolute atomic E-state index is 0.658. The number of hydrogen-bond donors (Lipinski definition) is 1. The van der Waals surface area contributed by atoms with E-state index in [2.05, 4.69) is 41.9 Å². The van der Waals surface area contributed by atoms with Crippen molar-refractivity contribution in [2.75, 3.05) is 0 Å². The van der Waals surface area contributed by atoms with E-state index in [0.29, 0.717) is 6.04 Å². The highest BCUT2D eigenvalue weighted by Gasteiger charge is 2.21. The zero-order valence-corrected chi connectivity index (χ0v) is 11.8. The van der Waals surface area contributed by atoms with Crippen LogP contribution in [0.2, 0.25) is 0 Å². The Kier molecular flexibility index (Phi) is 3.67. The van der Waals surface area contributed by atoms with Crippen LogP contribution in [0.25, 0.3) is 10.1 Å². The van der Waals surface area contributed by atoms with Gasteiger partial charge in [-0.1, -0.05) is 31.0 Å². The summed E-state index contributed by atoms with van der Waals surface area (Å²) in [5.74, 6) is 0.898. The van der Waals surface area contributed by atoms with Crippen LogP contribution in [-0.2, 0) is 6.54 Å². The molecule has 1 aromatic carbocycles. The molecule has 0 saturated heterocycles. The number of benzene rings is 1. The Morgan fingerprint density at radius 1 is 1.28 bits per heavy atom. The topological polar surface area (TPSA) is 12.0 Å². The molecule has 0 radical (unpaired) electrons. The van der Waals surface area contributed by atoms with Crippen LogP contribution < -0.4 is 5.32 Å². The molecule has 1 heterocycles. The van der Waals surface area contributed by atoms with Crippen LogP contribution in [0.3, 0.4) is 0 Å². The number of thiophene rings is 1. The molecule has 0 amide bonds. The minimum Gasteiger partial charge on any atom is -0.310 e. The van der Waals surface area contributed by atoms with E-state index >= 15 is 0 Å². The molecule has 0 bridgehead atoms. The molecule has 3 rings (SSSR count). The summed E-state index contributed by atoms with van der Waals surface area (Å²) >= 11 is 1.86. The second-order valence-electron chi connectivity index (χ2n) is 5.47. The van der Waals surface area contributed by atoms with Gasteiger partial charge in [0.2, 0.25) is 0 Å². The molecular formula is C16H21NS. The van der Waals surface area contributed by atoms with Gasteiger partial charge in [-0.25, -0.2) is 0 Å². The molecule has 2 heteroatoms. The lowest BCUT2D eigenvalue weighted by Gasteiger charge is -2.20. The monoisotopic (exact) mass is 259 g/mol. The summed E-state index contributed by atoms with van der Waals surface area (Å²) in [4.78, 5) is 0. The molecule has 1 aliphatic carbocycles. The lowest BCUT2D eigenvalue weighted by molar-refractivity contribution is 0.381. The van der Waals surface area contributed by atoms with Crippen molar-refractivity contribution in [3.8, 4) is 0 Å². The van der Waals surface area contributed by atoms with Crippen molar-refractivity contribution in [3.05, 3.63) is 35.2 Å². The maximum absolute atomic E-state index is 3.73. The molecule has 2 aromatic rings. The number of fused-ring (bicyclic) bond motifs is 1. The summed E-state index contributed by atoms with van der Waals surface area (Å²) in [7, 11) is 0. The third kappa shape index (κ3) is 2.45. The highest BCUT2D eigenvalue weighted by molar-refractivity contribution is 7.17. The second-order valence-corrected chi connectivity index (χ2v) is 6.38. The molecule has 96 valence electrons. The van der Waals surface area contributed by atoms with Gasteiger partial charge in [0, 0.05) is 17.3 Å². The van der Waals surface area contributed by atoms with Crippen molar-refractivity contribution >= 4 is 21.4 Å². The van der Waals surface area contributed by atoms with Crippen LogP contribution in [-0.4, -0.2) is 6.04 Å². The van der Waals surface area contributed by atoms with E-state index in [9.17, 15) is 0 Å². The van der Waals surface area contributed by atoms with Gasteiger partial charge in [-0.3, -0.25) is 0 Å². The van der Waals surface area contributed by atoms with Crippen molar-refractivity contribution in [1.29, 1.82) is 0 Å². The zero-order chi connectivity index (χ0) is 12.4. The summed E-state index contributed by atoms with van der Waals surface area (Å²) in [5, 5.41) is 7.46. The second kappa shape index (κ2) is 5.41. The van der Waals surface area contributed by atoms with Gasteiger partial charge in [0.15, 0.2) is 0 Å². The quantitative estimate of drug-likeness (QED) is 0.848. The standard InChI is InChI=1S/C16H21NS/c1-12(13-6-2-3-7-13)17-10-14-11-18-16-9-5-4-8-15(14)16/h4-5,8-9,11-13,17H,2-3,6-7,10H2,1H3/t12-/m1/s1. The Morgan fingerprint density at radius 2 is 2.06 bits per heavy atom. The summed E-state index contributed by atoms with van der Waals surface area (Å²) in [6.45, 7) is 3.37. The highest BCUT2D eigenvalue weighted by atomic mass is 32.1. The van der Waals surface area contributed by atoms with Crippen molar-refractivity contribution in [1.82, 2.24) is 5.32 Å². The first-order valence-electron chi connectivity index (χ1n) is 7.03. The van der Waals surface area contributed by atoms with Gasteiger partial charge < -0.3 is 5.32 Å². The first kappa shape index (κ1) is 12.2. The van der Waals surface area contributed by atoms with E-state index < -0.39 is 0 Å². The number of nitrogens with one attached hydrogen (secondary N) is 1. The van der Waals surface area contributed by atoms with Crippen LogP contribution in [0.5, 0.6) is 0 Å². The number of rotatable bonds is 4. The van der Waals surface area contributed by atoms with E-state index in [4.69, 9.17) is 0 Å². The van der Waals surface area contributed by atoms with E-state index in [1.165, 1.54) is 41.3 Å². The van der Waals surface area contributed by atoms with E-state index in [0.717, 1.165) is 12.5 Å². The smallest absolute Gasteiger partial charge is 0.0346 e. The molecule has 1 atom stereocenters. The van der Waals surface area contributed by atoms with Gasteiger partial charge in [0.05, 0.1) is 0 Å². The fourth-order valence-electron chi connectivity index (χ4n) is 3.06. The normalized spacial score (nSPS) is 18.5. The van der Waals surface area contributed by atoms with Crippen LogP contribution in [0.4, 0.5) is 0 Å². The molecule has 18 heavy (non-hydrogen) atoms. The molecule has 1 saturated carbocycles. The number of hydrogen-bond acceptors (Lipinski definition) is 2. The zero-order valence-electron chi connectivity index (χ0n) is 11.0. The van der Waals surface area contributed by atoms with Gasteiger partial charge in [0.1, 0.15) is 0 Å². The summed E-state index contributed by atoms with van der Waals surface area (Å²) in [6, 6.07) is 9.37. The van der Waals surface area contributed by atoms with Crippen molar-refractivity contribution < 1.29 is 0 Å². The van der Waals surface area contributed by atoms with Crippen LogP contribution in [0, 0.1) is 5.92 Å². The van der Waals surface area contributed by atoms with Crippen molar-refractivity contribution in [2.24, 2.45) is 5.92 Å². The average Bonchev–Trinajstić information content (AvgIpc) is 3.06. The van der Waals surface area contributed by atoms with Gasteiger partial charge in [-0.15, -0.1) is 11.3 Å². The Balaban J connectivity index is 1.65. The molecule has 1 aliphatic rings. The predicted molar refractivity (Wildman–Crippen MR) is 80.1 cm³/mol. The molecule has 1 nitrogen and oxygen atoms in total. The van der Waals surface area contributed by atoms with E-state index in [1.807, 2.05) is 11.3 Å².